The summed E-state index contributed by atoms with van der Waals surface area (Å²) < 4.78 is 12.9. The number of carbonyl (C=O) groups is 1. The average Bonchev–Trinajstić information content (AvgIpc) is 3.16. The number of benzene rings is 2. The van der Waals surface area contributed by atoms with Crippen LogP contribution in [0.25, 0.3) is 11.0 Å². The number of nitrogens with zero attached hydrogens (tertiary/aromatic N) is 3. The number of methoxy groups -OCH3 is 2. The Balaban J connectivity index is 1.55. The first kappa shape index (κ1) is 23.1. The molecule has 2 aromatic carbocycles. The molecule has 7 heteroatoms. The maximum Gasteiger partial charge on any atom is 0.255 e. The van der Waals surface area contributed by atoms with Gasteiger partial charge in [-0.05, 0) is 74.7 Å². The standard InChI is InChI=1S/C26H34N4O3/c1-5-12-30-22-8-7-20(27-26(31)19-6-9-23(32-3)24(15-19)33-4)16-21(22)28-25(30)17-29-13-10-18(2)11-14-29/h6-9,15-16,18H,5,10-14,17H2,1-4H3,(H,27,31). The first-order chi connectivity index (χ1) is 16.0. The van der Waals surface area contributed by atoms with E-state index < -0.39 is 0 Å². The van der Waals surface area contributed by atoms with Gasteiger partial charge in [0.05, 0.1) is 31.8 Å². The first-order valence-corrected chi connectivity index (χ1v) is 11.8. The molecule has 0 spiro atoms. The Bertz CT molecular complexity index is 1120. The van der Waals surface area contributed by atoms with Gasteiger partial charge < -0.3 is 19.4 Å². The Labute approximate surface area is 195 Å². The molecule has 4 rings (SSSR count). The lowest BCUT2D eigenvalue weighted by Crippen LogP contribution is -2.33. The van der Waals surface area contributed by atoms with Gasteiger partial charge in [0.25, 0.3) is 5.91 Å². The summed E-state index contributed by atoms with van der Waals surface area (Å²) in [5.41, 5.74) is 3.25. The fourth-order valence-corrected chi connectivity index (χ4v) is 4.45. The number of aromatic nitrogens is 2. The second kappa shape index (κ2) is 10.3. The largest absolute Gasteiger partial charge is 0.493 e. The van der Waals surface area contributed by atoms with E-state index in [2.05, 4.69) is 34.7 Å². The smallest absolute Gasteiger partial charge is 0.255 e. The van der Waals surface area contributed by atoms with Crippen molar-refractivity contribution in [1.29, 1.82) is 0 Å². The number of anilines is 1. The minimum atomic E-state index is -0.203. The number of amides is 1. The monoisotopic (exact) mass is 450 g/mol. The van der Waals surface area contributed by atoms with Gasteiger partial charge in [0.2, 0.25) is 0 Å². The number of likely N-dealkylation sites (tertiary alicyclic amines) is 1. The maximum atomic E-state index is 12.8. The van der Waals surface area contributed by atoms with Crippen molar-refractivity contribution in [2.24, 2.45) is 5.92 Å². The Hall–Kier alpha value is -3.06. The third kappa shape index (κ3) is 5.14. The Morgan fingerprint density at radius 3 is 2.55 bits per heavy atom. The van der Waals surface area contributed by atoms with Crippen LogP contribution >= 0.6 is 0 Å². The molecule has 33 heavy (non-hydrogen) atoms. The molecule has 1 N–H and O–H groups in total. The highest BCUT2D eigenvalue weighted by Crippen LogP contribution is 2.28. The lowest BCUT2D eigenvalue weighted by Gasteiger charge is -2.29. The molecule has 1 aromatic heterocycles. The molecule has 0 unspecified atom stereocenters. The van der Waals surface area contributed by atoms with Crippen molar-refractivity contribution in [3.8, 4) is 11.5 Å². The predicted octanol–water partition coefficient (Wildman–Crippen LogP) is 4.95. The molecule has 1 aliphatic rings. The van der Waals surface area contributed by atoms with Crippen molar-refractivity contribution in [2.45, 2.75) is 46.2 Å². The normalized spacial score (nSPS) is 15.0. The molecule has 1 saturated heterocycles. The highest BCUT2D eigenvalue weighted by Gasteiger charge is 2.19. The topological polar surface area (TPSA) is 68.6 Å². The zero-order valence-corrected chi connectivity index (χ0v) is 20.1. The van der Waals surface area contributed by atoms with E-state index in [4.69, 9.17) is 14.5 Å². The van der Waals surface area contributed by atoms with Crippen molar-refractivity contribution < 1.29 is 14.3 Å². The molecule has 1 amide bonds. The maximum absolute atomic E-state index is 12.8. The Kier molecular flexibility index (Phi) is 7.18. The van der Waals surface area contributed by atoms with E-state index in [9.17, 15) is 4.79 Å². The minimum absolute atomic E-state index is 0.203. The highest BCUT2D eigenvalue weighted by molar-refractivity contribution is 6.05. The summed E-state index contributed by atoms with van der Waals surface area (Å²) in [7, 11) is 3.13. The van der Waals surface area contributed by atoms with Crippen LogP contribution in [0, 0.1) is 5.92 Å². The van der Waals surface area contributed by atoms with Gasteiger partial charge in [-0.2, -0.15) is 0 Å². The highest BCUT2D eigenvalue weighted by atomic mass is 16.5. The quantitative estimate of drug-likeness (QED) is 0.526. The summed E-state index contributed by atoms with van der Waals surface area (Å²) in [4.78, 5) is 20.3. The molecular formula is C26H34N4O3. The van der Waals surface area contributed by atoms with Gasteiger partial charge in [0.15, 0.2) is 11.5 Å². The van der Waals surface area contributed by atoms with Gasteiger partial charge in [-0.1, -0.05) is 13.8 Å². The minimum Gasteiger partial charge on any atom is -0.493 e. The molecule has 0 saturated carbocycles. The molecule has 0 aliphatic carbocycles. The number of fused-ring (bicyclic) bond motifs is 1. The second-order valence-electron chi connectivity index (χ2n) is 8.87. The lowest BCUT2D eigenvalue weighted by molar-refractivity contribution is 0.102. The van der Waals surface area contributed by atoms with E-state index in [1.165, 1.54) is 12.8 Å². The summed E-state index contributed by atoms with van der Waals surface area (Å²) in [5.74, 6) is 2.83. The number of carbonyl (C=O) groups excluding carboxylic acids is 1. The molecule has 1 fully saturated rings. The summed E-state index contributed by atoms with van der Waals surface area (Å²) in [5, 5.41) is 2.99. The van der Waals surface area contributed by atoms with Crippen LogP contribution in [-0.4, -0.2) is 47.7 Å². The van der Waals surface area contributed by atoms with Gasteiger partial charge in [-0.3, -0.25) is 9.69 Å². The Morgan fingerprint density at radius 2 is 1.85 bits per heavy atom. The van der Waals surface area contributed by atoms with Gasteiger partial charge in [0.1, 0.15) is 5.82 Å². The van der Waals surface area contributed by atoms with Crippen LogP contribution < -0.4 is 14.8 Å². The SMILES string of the molecule is CCCn1c(CN2CCC(C)CC2)nc2cc(NC(=O)c3ccc(OC)c(OC)c3)ccc21. The number of hydrogen-bond acceptors (Lipinski definition) is 5. The van der Waals surface area contributed by atoms with Gasteiger partial charge in [0, 0.05) is 17.8 Å². The average molecular weight is 451 g/mol. The number of rotatable bonds is 8. The van der Waals surface area contributed by atoms with Crippen LogP contribution in [0.2, 0.25) is 0 Å². The van der Waals surface area contributed by atoms with E-state index >= 15 is 0 Å². The van der Waals surface area contributed by atoms with Crippen molar-refractivity contribution in [3.05, 3.63) is 47.8 Å². The first-order valence-electron chi connectivity index (χ1n) is 11.8. The number of ether oxygens (including phenoxy) is 2. The molecule has 3 aromatic rings. The van der Waals surface area contributed by atoms with Crippen molar-refractivity contribution in [1.82, 2.24) is 14.5 Å². The fraction of sp³-hybridized carbons (Fsp3) is 0.462. The fourth-order valence-electron chi connectivity index (χ4n) is 4.45. The van der Waals surface area contributed by atoms with Crippen molar-refractivity contribution in [3.63, 3.8) is 0 Å². The van der Waals surface area contributed by atoms with Gasteiger partial charge >= 0.3 is 0 Å². The molecule has 176 valence electrons. The van der Waals surface area contributed by atoms with Crippen molar-refractivity contribution >= 4 is 22.6 Å². The molecular weight excluding hydrogens is 416 g/mol. The molecule has 0 radical (unpaired) electrons. The van der Waals surface area contributed by atoms with E-state index in [0.29, 0.717) is 17.1 Å². The van der Waals surface area contributed by atoms with E-state index in [-0.39, 0.29) is 5.91 Å². The second-order valence-corrected chi connectivity index (χ2v) is 8.87. The number of aryl methyl sites for hydroxylation is 1. The molecule has 0 bridgehead atoms. The van der Waals surface area contributed by atoms with Gasteiger partial charge in [-0.25, -0.2) is 4.98 Å². The lowest BCUT2D eigenvalue weighted by atomic mass is 9.99. The van der Waals surface area contributed by atoms with Crippen LogP contribution in [0.5, 0.6) is 11.5 Å². The van der Waals surface area contributed by atoms with Crippen LogP contribution in [0.3, 0.4) is 0 Å². The Morgan fingerprint density at radius 1 is 1.09 bits per heavy atom. The summed E-state index contributed by atoms with van der Waals surface area (Å²) in [6.45, 7) is 8.59. The summed E-state index contributed by atoms with van der Waals surface area (Å²) in [6, 6.07) is 11.1. The number of nitrogens with one attached hydrogen (secondary N) is 1. The molecule has 0 atom stereocenters. The zero-order chi connectivity index (χ0) is 23.4. The zero-order valence-electron chi connectivity index (χ0n) is 20.1. The van der Waals surface area contributed by atoms with Gasteiger partial charge in [-0.15, -0.1) is 0 Å². The van der Waals surface area contributed by atoms with E-state index in [1.807, 2.05) is 12.1 Å². The third-order valence-electron chi connectivity index (χ3n) is 6.42. The van der Waals surface area contributed by atoms with Crippen molar-refractivity contribution in [2.75, 3.05) is 32.6 Å². The summed E-state index contributed by atoms with van der Waals surface area (Å²) in [6.07, 6.45) is 3.55. The molecule has 7 nitrogen and oxygen atoms in total. The third-order valence-corrected chi connectivity index (χ3v) is 6.42. The number of piperidine rings is 1. The van der Waals surface area contributed by atoms with Crippen LogP contribution in [0.4, 0.5) is 5.69 Å². The van der Waals surface area contributed by atoms with E-state index in [1.54, 1.807) is 32.4 Å². The predicted molar refractivity (Wildman–Crippen MR) is 131 cm³/mol. The van der Waals surface area contributed by atoms with Crippen LogP contribution in [0.15, 0.2) is 36.4 Å². The summed E-state index contributed by atoms with van der Waals surface area (Å²) >= 11 is 0. The van der Waals surface area contributed by atoms with E-state index in [0.717, 1.165) is 61.1 Å². The molecule has 1 aliphatic heterocycles. The molecule has 2 heterocycles. The number of imidazole rings is 1. The van der Waals surface area contributed by atoms with Crippen LogP contribution in [0.1, 0.15) is 49.3 Å². The van der Waals surface area contributed by atoms with Crippen LogP contribution in [-0.2, 0) is 13.1 Å². The number of hydrogen-bond donors (Lipinski definition) is 1.